The van der Waals surface area contributed by atoms with Crippen LogP contribution in [0.5, 0.6) is 0 Å². The molecule has 1 atom stereocenters. The van der Waals surface area contributed by atoms with Crippen LogP contribution < -0.4 is 5.46 Å². The van der Waals surface area contributed by atoms with Crippen LogP contribution in [0.2, 0.25) is 0 Å². The Morgan fingerprint density at radius 3 is 2.15 bits per heavy atom. The van der Waals surface area contributed by atoms with Crippen LogP contribution in [-0.4, -0.2) is 30.5 Å². The van der Waals surface area contributed by atoms with E-state index in [9.17, 15) is 4.21 Å². The third-order valence-electron chi connectivity index (χ3n) is 1.71. The SMILES string of the molecule is [B]c1ccc(S(=N)(=O)N(C)C)cc1. The minimum atomic E-state index is -2.82. The molecule has 1 rings (SSSR count). The zero-order chi connectivity index (χ0) is 10.1. The van der Waals surface area contributed by atoms with Crippen molar-refractivity contribution in [3.05, 3.63) is 24.3 Å². The summed E-state index contributed by atoms with van der Waals surface area (Å²) in [6, 6.07) is 6.52. The maximum absolute atomic E-state index is 11.8. The highest BCUT2D eigenvalue weighted by Gasteiger charge is 2.11. The highest BCUT2D eigenvalue weighted by molar-refractivity contribution is 7.90. The van der Waals surface area contributed by atoms with E-state index in [1.807, 2.05) is 0 Å². The molecule has 5 heteroatoms. The van der Waals surface area contributed by atoms with E-state index in [2.05, 4.69) is 0 Å². The summed E-state index contributed by atoms with van der Waals surface area (Å²) in [5.74, 6) is 0. The van der Waals surface area contributed by atoms with Gasteiger partial charge >= 0.3 is 0 Å². The first-order valence-electron chi connectivity index (χ1n) is 3.76. The number of benzene rings is 1. The van der Waals surface area contributed by atoms with E-state index in [4.69, 9.17) is 12.6 Å². The minimum Gasteiger partial charge on any atom is -0.236 e. The van der Waals surface area contributed by atoms with Crippen molar-refractivity contribution in [2.24, 2.45) is 0 Å². The quantitative estimate of drug-likeness (QED) is 0.679. The third-order valence-corrected chi connectivity index (χ3v) is 3.65. The molecule has 0 aliphatic carbocycles. The van der Waals surface area contributed by atoms with Crippen molar-refractivity contribution in [3.8, 4) is 0 Å². The molecule has 0 bridgehead atoms. The van der Waals surface area contributed by atoms with Crippen molar-refractivity contribution < 1.29 is 4.21 Å². The summed E-state index contributed by atoms with van der Waals surface area (Å²) in [6.07, 6.45) is 0. The van der Waals surface area contributed by atoms with Gasteiger partial charge < -0.3 is 0 Å². The standard InChI is InChI=1S/C8H11BN2OS/c1-11(2)13(10,12)8-5-3-7(9)4-6-8/h3-6,10H,1-2H3. The van der Waals surface area contributed by atoms with Crippen molar-refractivity contribution in [2.75, 3.05) is 14.1 Å². The Kier molecular flexibility index (Phi) is 2.78. The predicted molar refractivity (Wildman–Crippen MR) is 54.6 cm³/mol. The van der Waals surface area contributed by atoms with E-state index in [1.54, 1.807) is 38.4 Å². The average Bonchev–Trinajstić information content (AvgIpc) is 2.04. The summed E-state index contributed by atoms with van der Waals surface area (Å²) >= 11 is 0. The fourth-order valence-electron chi connectivity index (χ4n) is 0.863. The summed E-state index contributed by atoms with van der Waals surface area (Å²) in [5.41, 5.74) is 0.609. The largest absolute Gasteiger partial charge is 0.236 e. The van der Waals surface area contributed by atoms with Gasteiger partial charge in [-0.1, -0.05) is 17.6 Å². The molecule has 0 fully saturated rings. The maximum Gasteiger partial charge on any atom is 0.136 e. The molecule has 0 saturated carbocycles. The maximum atomic E-state index is 11.8. The lowest BCUT2D eigenvalue weighted by molar-refractivity contribution is 0.589. The molecule has 2 radical (unpaired) electrons. The Morgan fingerprint density at radius 1 is 1.31 bits per heavy atom. The lowest BCUT2D eigenvalue weighted by Crippen LogP contribution is -2.21. The monoisotopic (exact) mass is 194 g/mol. The molecule has 1 N–H and O–H groups in total. The van der Waals surface area contributed by atoms with Crippen molar-refractivity contribution >= 4 is 23.2 Å². The zero-order valence-corrected chi connectivity index (χ0v) is 8.47. The number of nitrogens with one attached hydrogen (secondary N) is 1. The first-order valence-corrected chi connectivity index (χ1v) is 5.28. The molecule has 0 aliphatic rings. The number of hydrogen-bond donors (Lipinski definition) is 1. The Bertz CT molecular complexity index is 383. The van der Waals surface area contributed by atoms with E-state index in [-0.39, 0.29) is 0 Å². The van der Waals surface area contributed by atoms with Crippen molar-refractivity contribution in [1.29, 1.82) is 4.78 Å². The molecular weight excluding hydrogens is 183 g/mol. The molecule has 0 spiro atoms. The van der Waals surface area contributed by atoms with Crippen LogP contribution in [0.3, 0.4) is 0 Å². The van der Waals surface area contributed by atoms with Gasteiger partial charge in [0, 0.05) is 14.1 Å². The molecule has 1 unspecified atom stereocenters. The topological polar surface area (TPSA) is 44.2 Å². The second-order valence-electron chi connectivity index (χ2n) is 2.91. The lowest BCUT2D eigenvalue weighted by atomic mass is 9.97. The lowest BCUT2D eigenvalue weighted by Gasteiger charge is -2.14. The van der Waals surface area contributed by atoms with Gasteiger partial charge in [0.1, 0.15) is 17.8 Å². The van der Waals surface area contributed by atoms with Crippen LogP contribution >= 0.6 is 0 Å². The summed E-state index contributed by atoms with van der Waals surface area (Å²) in [6.45, 7) is 0. The van der Waals surface area contributed by atoms with Gasteiger partial charge in [-0.3, -0.25) is 0 Å². The minimum absolute atomic E-state index is 0.478. The molecule has 68 valence electrons. The van der Waals surface area contributed by atoms with Crippen molar-refractivity contribution in [3.63, 3.8) is 0 Å². The average molecular weight is 194 g/mol. The fourth-order valence-corrected chi connectivity index (χ4v) is 1.79. The molecule has 0 saturated heterocycles. The molecular formula is C8H11BN2OS. The van der Waals surface area contributed by atoms with E-state index in [1.165, 1.54) is 4.31 Å². The van der Waals surface area contributed by atoms with Crippen LogP contribution in [0.15, 0.2) is 29.2 Å². The highest BCUT2D eigenvalue weighted by atomic mass is 32.2. The molecule has 1 aromatic rings. The van der Waals surface area contributed by atoms with Gasteiger partial charge in [0.25, 0.3) is 0 Å². The molecule has 3 nitrogen and oxygen atoms in total. The van der Waals surface area contributed by atoms with Crippen molar-refractivity contribution in [2.45, 2.75) is 4.90 Å². The van der Waals surface area contributed by atoms with E-state index >= 15 is 0 Å². The first-order chi connectivity index (χ1) is 5.94. The zero-order valence-electron chi connectivity index (χ0n) is 7.65. The van der Waals surface area contributed by atoms with Crippen LogP contribution in [0.4, 0.5) is 0 Å². The summed E-state index contributed by atoms with van der Waals surface area (Å²) in [4.78, 5) is 0.478. The van der Waals surface area contributed by atoms with E-state index in [0.717, 1.165) is 0 Å². The Hall–Kier alpha value is -0.805. The van der Waals surface area contributed by atoms with Gasteiger partial charge in [0.05, 0.1) is 4.90 Å². The summed E-state index contributed by atoms with van der Waals surface area (Å²) < 4.78 is 20.7. The fraction of sp³-hybridized carbons (Fsp3) is 0.250. The molecule has 0 aromatic heterocycles. The molecule has 13 heavy (non-hydrogen) atoms. The predicted octanol–water partition coefficient (Wildman–Crippen LogP) is 0.363. The number of rotatable bonds is 2. The Labute approximate surface area is 80.3 Å². The highest BCUT2D eigenvalue weighted by Crippen LogP contribution is 2.11. The smallest absolute Gasteiger partial charge is 0.136 e. The second kappa shape index (κ2) is 3.51. The van der Waals surface area contributed by atoms with Gasteiger partial charge in [-0.2, -0.15) is 0 Å². The van der Waals surface area contributed by atoms with Gasteiger partial charge in [-0.05, 0) is 12.1 Å². The molecule has 0 amide bonds. The molecule has 0 aliphatic heterocycles. The number of hydrogen-bond acceptors (Lipinski definition) is 2. The summed E-state index contributed by atoms with van der Waals surface area (Å²) in [5, 5.41) is 0. The van der Waals surface area contributed by atoms with Crippen LogP contribution in [0.1, 0.15) is 0 Å². The second-order valence-corrected chi connectivity index (χ2v) is 5.16. The number of nitrogens with zero attached hydrogens (tertiary/aromatic N) is 1. The van der Waals surface area contributed by atoms with E-state index < -0.39 is 9.92 Å². The summed E-state index contributed by atoms with van der Waals surface area (Å²) in [7, 11) is 5.90. The van der Waals surface area contributed by atoms with Crippen molar-refractivity contribution in [1.82, 2.24) is 4.31 Å². The van der Waals surface area contributed by atoms with Gasteiger partial charge in [0.15, 0.2) is 0 Å². The van der Waals surface area contributed by atoms with Gasteiger partial charge in [-0.25, -0.2) is 13.3 Å². The van der Waals surface area contributed by atoms with Crippen LogP contribution in [0, 0.1) is 4.78 Å². The Morgan fingerprint density at radius 2 is 1.77 bits per heavy atom. The van der Waals surface area contributed by atoms with Gasteiger partial charge in [-0.15, -0.1) is 0 Å². The van der Waals surface area contributed by atoms with E-state index in [0.29, 0.717) is 10.4 Å². The van der Waals surface area contributed by atoms with Crippen LogP contribution in [-0.2, 0) is 9.92 Å². The normalized spacial score (nSPS) is 15.6. The molecule has 0 heterocycles. The van der Waals surface area contributed by atoms with Gasteiger partial charge in [0.2, 0.25) is 0 Å². The molecule has 1 aromatic carbocycles. The Balaban J connectivity index is 3.17. The first kappa shape index (κ1) is 10.3. The third kappa shape index (κ3) is 2.11. The van der Waals surface area contributed by atoms with Crippen LogP contribution in [0.25, 0.3) is 0 Å².